The molecule has 1 rings (SSSR count). The van der Waals surface area contributed by atoms with Gasteiger partial charge in [0.15, 0.2) is 0 Å². The summed E-state index contributed by atoms with van der Waals surface area (Å²) in [4.78, 5) is 23.0. The van der Waals surface area contributed by atoms with Gasteiger partial charge < -0.3 is 16.2 Å². The molecule has 7 nitrogen and oxygen atoms in total. The van der Waals surface area contributed by atoms with Gasteiger partial charge in [-0.1, -0.05) is 30.3 Å². The predicted molar refractivity (Wildman–Crippen MR) is 77.3 cm³/mol. The average molecular weight is 314 g/mol. The first-order valence-electron chi connectivity index (χ1n) is 6.22. The molecule has 0 heterocycles. The second-order valence-electron chi connectivity index (χ2n) is 4.71. The van der Waals surface area contributed by atoms with E-state index < -0.39 is 33.8 Å². The van der Waals surface area contributed by atoms with E-state index in [0.29, 0.717) is 5.56 Å². The quantitative estimate of drug-likeness (QED) is 0.633. The molecule has 21 heavy (non-hydrogen) atoms. The molecule has 1 amide bonds. The van der Waals surface area contributed by atoms with Crippen molar-refractivity contribution in [1.82, 2.24) is 5.32 Å². The summed E-state index contributed by atoms with van der Waals surface area (Å²) in [6, 6.07) is 6.18. The molecule has 0 aromatic heterocycles. The molecule has 0 bridgehead atoms. The number of benzene rings is 1. The second kappa shape index (κ2) is 7.19. The third-order valence-corrected chi connectivity index (χ3v) is 3.81. The maximum Gasteiger partial charge on any atom is 0.326 e. The van der Waals surface area contributed by atoms with Crippen molar-refractivity contribution in [2.75, 3.05) is 12.0 Å². The maximum absolute atomic E-state index is 11.9. The number of nitrogens with one attached hydrogen (secondary N) is 1. The number of hydrogen-bond acceptors (Lipinski definition) is 5. The van der Waals surface area contributed by atoms with Gasteiger partial charge >= 0.3 is 5.97 Å². The minimum Gasteiger partial charge on any atom is -0.480 e. The maximum atomic E-state index is 11.9. The Morgan fingerprint density at radius 2 is 1.86 bits per heavy atom. The first kappa shape index (κ1) is 17.1. The van der Waals surface area contributed by atoms with Crippen LogP contribution in [-0.2, 0) is 19.4 Å². The first-order chi connectivity index (χ1) is 9.70. The number of carboxylic acid groups (broad SMARTS) is 1. The van der Waals surface area contributed by atoms with Gasteiger partial charge in [-0.05, 0) is 12.0 Å². The lowest BCUT2D eigenvalue weighted by Gasteiger charge is -2.17. The van der Waals surface area contributed by atoms with Crippen LogP contribution >= 0.6 is 0 Å². The Balaban J connectivity index is 2.71. The van der Waals surface area contributed by atoms with Gasteiger partial charge in [-0.3, -0.25) is 4.79 Å². The zero-order chi connectivity index (χ0) is 16.0. The molecule has 4 N–H and O–H groups in total. The van der Waals surface area contributed by atoms with E-state index >= 15 is 0 Å². The third kappa shape index (κ3) is 5.92. The zero-order valence-corrected chi connectivity index (χ0v) is 12.3. The van der Waals surface area contributed by atoms with Gasteiger partial charge in [0.05, 0.1) is 5.75 Å². The molecular formula is C13H18N2O5S. The molecule has 0 saturated heterocycles. The lowest BCUT2D eigenvalue weighted by Crippen LogP contribution is -2.45. The number of carbonyl (C=O) groups excluding carboxylic acids is 1. The number of sulfone groups is 1. The summed E-state index contributed by atoms with van der Waals surface area (Å²) >= 11 is 0. The highest BCUT2D eigenvalue weighted by Crippen LogP contribution is 2.10. The molecule has 8 heteroatoms. The molecule has 0 saturated carbocycles. The normalized spacial score (nSPS) is 14.2. The summed E-state index contributed by atoms with van der Waals surface area (Å²) in [5.41, 5.74) is 6.29. The van der Waals surface area contributed by atoms with Crippen molar-refractivity contribution in [3.63, 3.8) is 0 Å². The minimum absolute atomic E-state index is 0.207. The predicted octanol–water partition coefficient (Wildman–Crippen LogP) is -0.309. The number of carboxylic acids is 1. The highest BCUT2D eigenvalue weighted by atomic mass is 32.2. The van der Waals surface area contributed by atoms with Crippen LogP contribution in [0.1, 0.15) is 18.0 Å². The Hall–Kier alpha value is -1.93. The van der Waals surface area contributed by atoms with Crippen molar-refractivity contribution < 1.29 is 23.1 Å². The van der Waals surface area contributed by atoms with E-state index in [0.717, 1.165) is 6.26 Å². The third-order valence-electron chi connectivity index (χ3n) is 2.83. The zero-order valence-electron chi connectivity index (χ0n) is 11.5. The van der Waals surface area contributed by atoms with Crippen LogP contribution in [0.4, 0.5) is 0 Å². The molecule has 1 aromatic rings. The molecule has 0 aliphatic heterocycles. The van der Waals surface area contributed by atoms with E-state index in [2.05, 4.69) is 5.32 Å². The summed E-state index contributed by atoms with van der Waals surface area (Å²) in [5.74, 6) is -2.29. The Kier molecular flexibility index (Phi) is 5.86. The number of hydrogen-bond donors (Lipinski definition) is 3. The summed E-state index contributed by atoms with van der Waals surface area (Å²) < 4.78 is 22.1. The van der Waals surface area contributed by atoms with Gasteiger partial charge in [0.1, 0.15) is 21.9 Å². The molecule has 2 atom stereocenters. The van der Waals surface area contributed by atoms with E-state index in [4.69, 9.17) is 10.8 Å². The van der Waals surface area contributed by atoms with Crippen LogP contribution in [0, 0.1) is 0 Å². The topological polar surface area (TPSA) is 127 Å². The van der Waals surface area contributed by atoms with Gasteiger partial charge in [0, 0.05) is 6.26 Å². The van der Waals surface area contributed by atoms with Crippen molar-refractivity contribution in [3.05, 3.63) is 35.9 Å². The molecular weight excluding hydrogens is 296 g/mol. The van der Waals surface area contributed by atoms with E-state index in [9.17, 15) is 18.0 Å². The van der Waals surface area contributed by atoms with E-state index in [1.807, 2.05) is 0 Å². The first-order valence-corrected chi connectivity index (χ1v) is 8.28. The van der Waals surface area contributed by atoms with Gasteiger partial charge in [0.25, 0.3) is 0 Å². The summed E-state index contributed by atoms with van der Waals surface area (Å²) in [6.45, 7) is 0. The molecule has 0 spiro atoms. The Labute approximate surface area is 123 Å². The lowest BCUT2D eigenvalue weighted by atomic mass is 10.1. The average Bonchev–Trinajstić information content (AvgIpc) is 2.42. The Morgan fingerprint density at radius 1 is 1.29 bits per heavy atom. The lowest BCUT2D eigenvalue weighted by molar-refractivity contribution is -0.142. The number of carbonyl (C=O) groups is 2. The summed E-state index contributed by atoms with van der Waals surface area (Å²) in [7, 11) is -3.31. The SMILES string of the molecule is CS(=O)(=O)CCC(NC(=O)[C@H](N)c1ccccc1)C(=O)O. The van der Waals surface area contributed by atoms with Crippen LogP contribution in [0.15, 0.2) is 30.3 Å². The van der Waals surface area contributed by atoms with Crippen molar-refractivity contribution in [3.8, 4) is 0 Å². The molecule has 1 unspecified atom stereocenters. The van der Waals surface area contributed by atoms with E-state index in [1.165, 1.54) is 0 Å². The van der Waals surface area contributed by atoms with Crippen molar-refractivity contribution in [1.29, 1.82) is 0 Å². The highest BCUT2D eigenvalue weighted by Gasteiger charge is 2.25. The van der Waals surface area contributed by atoms with Crippen LogP contribution < -0.4 is 11.1 Å². The fraction of sp³-hybridized carbons (Fsp3) is 0.385. The van der Waals surface area contributed by atoms with E-state index in [-0.39, 0.29) is 12.2 Å². The number of amides is 1. The number of nitrogens with two attached hydrogens (primary N) is 1. The highest BCUT2D eigenvalue weighted by molar-refractivity contribution is 7.90. The van der Waals surface area contributed by atoms with Gasteiger partial charge in [-0.2, -0.15) is 0 Å². The van der Waals surface area contributed by atoms with Crippen LogP contribution in [0.3, 0.4) is 0 Å². The fourth-order valence-corrected chi connectivity index (χ4v) is 2.33. The number of aliphatic carboxylic acids is 1. The molecule has 0 aliphatic carbocycles. The van der Waals surface area contributed by atoms with Gasteiger partial charge in [0.2, 0.25) is 5.91 Å². The van der Waals surface area contributed by atoms with Crippen LogP contribution in [-0.4, -0.2) is 43.5 Å². The Bertz CT molecular complexity index is 600. The summed E-state index contributed by atoms with van der Waals surface area (Å²) in [5, 5.41) is 11.3. The van der Waals surface area contributed by atoms with Crippen molar-refractivity contribution in [2.24, 2.45) is 5.73 Å². The van der Waals surface area contributed by atoms with Crippen LogP contribution in [0.5, 0.6) is 0 Å². The minimum atomic E-state index is -3.31. The molecule has 0 radical (unpaired) electrons. The fourth-order valence-electron chi connectivity index (χ4n) is 1.66. The van der Waals surface area contributed by atoms with Gasteiger partial charge in [-0.15, -0.1) is 0 Å². The molecule has 1 aromatic carbocycles. The Morgan fingerprint density at radius 3 is 2.33 bits per heavy atom. The number of rotatable bonds is 7. The smallest absolute Gasteiger partial charge is 0.326 e. The molecule has 0 aliphatic rings. The largest absolute Gasteiger partial charge is 0.480 e. The van der Waals surface area contributed by atoms with E-state index in [1.54, 1.807) is 30.3 Å². The standard InChI is InChI=1S/C13H18N2O5S/c1-21(19,20)8-7-10(13(17)18)15-12(16)11(14)9-5-3-2-4-6-9/h2-6,10-11H,7-8,14H2,1H3,(H,15,16)(H,17,18)/t10?,11-/m1/s1. The van der Waals surface area contributed by atoms with Crippen molar-refractivity contribution >= 4 is 21.7 Å². The molecule has 116 valence electrons. The van der Waals surface area contributed by atoms with Crippen LogP contribution in [0.2, 0.25) is 0 Å². The van der Waals surface area contributed by atoms with Gasteiger partial charge in [-0.25, -0.2) is 13.2 Å². The monoisotopic (exact) mass is 314 g/mol. The van der Waals surface area contributed by atoms with Crippen LogP contribution in [0.25, 0.3) is 0 Å². The summed E-state index contributed by atoms with van der Waals surface area (Å²) in [6.07, 6.45) is 0.796. The van der Waals surface area contributed by atoms with Crippen molar-refractivity contribution in [2.45, 2.75) is 18.5 Å². The molecule has 0 fully saturated rings. The second-order valence-corrected chi connectivity index (χ2v) is 6.97.